The van der Waals surface area contributed by atoms with Crippen LogP contribution in [0.5, 0.6) is 0 Å². The van der Waals surface area contributed by atoms with Crippen molar-refractivity contribution >= 4 is 35.1 Å². The molecule has 1 rings (SSSR count). The Balaban J connectivity index is 2.65. The molecule has 0 aromatic heterocycles. The summed E-state index contributed by atoms with van der Waals surface area (Å²) in [6.45, 7) is 0.618. The number of carbonyl (C=O) groups is 3. The second-order valence-electron chi connectivity index (χ2n) is 5.00. The summed E-state index contributed by atoms with van der Waals surface area (Å²) in [5, 5.41) is 1.75. The van der Waals surface area contributed by atoms with Crippen LogP contribution < -0.4 is 5.32 Å². The van der Waals surface area contributed by atoms with Gasteiger partial charge in [0.15, 0.2) is 6.61 Å². The van der Waals surface area contributed by atoms with Crippen LogP contribution >= 0.6 is 11.6 Å². The summed E-state index contributed by atoms with van der Waals surface area (Å²) in [5.74, 6) is -1.90. The van der Waals surface area contributed by atoms with Gasteiger partial charge in [0.05, 0.1) is 17.1 Å². The molecule has 0 fully saturated rings. The van der Waals surface area contributed by atoms with Crippen LogP contribution in [0, 0.1) is 0 Å². The summed E-state index contributed by atoms with van der Waals surface area (Å²) in [6.07, 6.45) is -4.55. The lowest BCUT2D eigenvalue weighted by Crippen LogP contribution is -2.37. The van der Waals surface area contributed by atoms with Gasteiger partial charge in [0.2, 0.25) is 5.91 Å². The molecule has 0 aliphatic carbocycles. The van der Waals surface area contributed by atoms with Gasteiger partial charge in [0.25, 0.3) is 5.91 Å². The zero-order valence-corrected chi connectivity index (χ0v) is 14.2. The van der Waals surface area contributed by atoms with E-state index in [9.17, 15) is 27.6 Å². The summed E-state index contributed by atoms with van der Waals surface area (Å²) in [7, 11) is 1.30. The molecule has 0 aliphatic heterocycles. The molecule has 0 heterocycles. The predicted molar refractivity (Wildman–Crippen MR) is 84.0 cm³/mol. The summed E-state index contributed by atoms with van der Waals surface area (Å²) >= 11 is 5.49. The Morgan fingerprint density at radius 2 is 1.92 bits per heavy atom. The number of amides is 2. The SMILES string of the molecule is CCC(=O)OCC(=O)N(C)CC(=O)Nc1ccc(Cl)c(C(F)(F)F)c1. The van der Waals surface area contributed by atoms with Crippen LogP contribution in [0.4, 0.5) is 18.9 Å². The smallest absolute Gasteiger partial charge is 0.417 e. The summed E-state index contributed by atoms with van der Waals surface area (Å²) in [4.78, 5) is 35.5. The molecule has 0 unspecified atom stereocenters. The number of likely N-dealkylation sites (N-methyl/N-ethyl adjacent to an activating group) is 1. The van der Waals surface area contributed by atoms with Crippen LogP contribution in [0.15, 0.2) is 18.2 Å². The predicted octanol–water partition coefficient (Wildman–Crippen LogP) is 2.71. The first-order chi connectivity index (χ1) is 11.5. The fraction of sp³-hybridized carbons (Fsp3) is 0.400. The number of nitrogens with zero attached hydrogens (tertiary/aromatic N) is 1. The average molecular weight is 381 g/mol. The minimum Gasteiger partial charge on any atom is -0.456 e. The van der Waals surface area contributed by atoms with Crippen molar-refractivity contribution < 1.29 is 32.3 Å². The van der Waals surface area contributed by atoms with Gasteiger partial charge in [-0.1, -0.05) is 18.5 Å². The topological polar surface area (TPSA) is 75.7 Å². The minimum absolute atomic E-state index is 0.107. The zero-order chi connectivity index (χ0) is 19.2. The molecule has 2 amide bonds. The third-order valence-corrected chi connectivity index (χ3v) is 3.34. The van der Waals surface area contributed by atoms with Gasteiger partial charge in [-0.05, 0) is 18.2 Å². The van der Waals surface area contributed by atoms with E-state index in [2.05, 4.69) is 10.1 Å². The van der Waals surface area contributed by atoms with Crippen molar-refractivity contribution in [3.05, 3.63) is 28.8 Å². The second kappa shape index (κ2) is 8.70. The Morgan fingerprint density at radius 1 is 1.28 bits per heavy atom. The van der Waals surface area contributed by atoms with Gasteiger partial charge in [-0.25, -0.2) is 0 Å². The van der Waals surface area contributed by atoms with Crippen molar-refractivity contribution in [2.75, 3.05) is 25.5 Å². The number of anilines is 1. The van der Waals surface area contributed by atoms with Crippen molar-refractivity contribution in [3.63, 3.8) is 0 Å². The molecular formula is C15H16ClF3N2O4. The molecule has 1 aromatic rings. The summed E-state index contributed by atoms with van der Waals surface area (Å²) in [5.41, 5.74) is -1.19. The van der Waals surface area contributed by atoms with Crippen LogP contribution in [0.3, 0.4) is 0 Å². The molecular weight excluding hydrogens is 365 g/mol. The first-order valence-corrected chi connectivity index (χ1v) is 7.48. The largest absolute Gasteiger partial charge is 0.456 e. The van der Waals surface area contributed by atoms with E-state index in [1.807, 2.05) is 0 Å². The van der Waals surface area contributed by atoms with Gasteiger partial charge in [-0.2, -0.15) is 13.2 Å². The van der Waals surface area contributed by atoms with Crippen LogP contribution in [-0.2, 0) is 25.3 Å². The third-order valence-electron chi connectivity index (χ3n) is 3.01. The van der Waals surface area contributed by atoms with E-state index in [1.165, 1.54) is 13.1 Å². The second-order valence-corrected chi connectivity index (χ2v) is 5.41. The van der Waals surface area contributed by atoms with Crippen LogP contribution in [-0.4, -0.2) is 42.9 Å². The van der Waals surface area contributed by atoms with Gasteiger partial charge >= 0.3 is 12.1 Å². The molecule has 6 nitrogen and oxygen atoms in total. The van der Waals surface area contributed by atoms with Crippen LogP contribution in [0.2, 0.25) is 5.02 Å². The van der Waals surface area contributed by atoms with E-state index in [0.717, 1.165) is 11.0 Å². The Morgan fingerprint density at radius 3 is 2.48 bits per heavy atom. The Labute approximate surface area is 146 Å². The number of rotatable bonds is 6. The van der Waals surface area contributed by atoms with E-state index < -0.39 is 47.7 Å². The van der Waals surface area contributed by atoms with Crippen molar-refractivity contribution in [2.45, 2.75) is 19.5 Å². The Bertz CT molecular complexity index is 665. The van der Waals surface area contributed by atoms with Crippen molar-refractivity contribution in [1.29, 1.82) is 0 Å². The quantitative estimate of drug-likeness (QED) is 0.770. The van der Waals surface area contributed by atoms with Crippen LogP contribution in [0.25, 0.3) is 0 Å². The number of halogens is 4. The maximum absolute atomic E-state index is 12.8. The first-order valence-electron chi connectivity index (χ1n) is 7.10. The molecule has 0 bridgehead atoms. The lowest BCUT2D eigenvalue weighted by atomic mass is 10.2. The molecule has 0 spiro atoms. The molecule has 0 radical (unpaired) electrons. The van der Waals surface area contributed by atoms with Gasteiger partial charge in [-0.15, -0.1) is 0 Å². The van der Waals surface area contributed by atoms with E-state index >= 15 is 0 Å². The number of ether oxygens (including phenoxy) is 1. The van der Waals surface area contributed by atoms with E-state index in [1.54, 1.807) is 6.92 Å². The number of carbonyl (C=O) groups excluding carboxylic acids is 3. The zero-order valence-electron chi connectivity index (χ0n) is 13.4. The first kappa shape index (κ1) is 20.8. The maximum atomic E-state index is 12.8. The highest BCUT2D eigenvalue weighted by atomic mass is 35.5. The fourth-order valence-electron chi connectivity index (χ4n) is 1.68. The Kier molecular flexibility index (Phi) is 7.22. The number of hydrogen-bond donors (Lipinski definition) is 1. The van der Waals surface area contributed by atoms with Gasteiger partial charge in [-0.3, -0.25) is 14.4 Å². The Hall–Kier alpha value is -2.29. The highest BCUT2D eigenvalue weighted by molar-refractivity contribution is 6.31. The summed E-state index contributed by atoms with van der Waals surface area (Å²) < 4.78 is 42.9. The number of esters is 1. The van der Waals surface area contributed by atoms with Gasteiger partial charge in [0.1, 0.15) is 0 Å². The third kappa shape index (κ3) is 6.61. The van der Waals surface area contributed by atoms with E-state index in [0.29, 0.717) is 6.07 Å². The van der Waals surface area contributed by atoms with Gasteiger partial charge in [0, 0.05) is 19.2 Å². The molecule has 10 heteroatoms. The van der Waals surface area contributed by atoms with Crippen molar-refractivity contribution in [2.24, 2.45) is 0 Å². The standard InChI is InChI=1S/C15H16ClF3N2O4/c1-3-14(24)25-8-13(23)21(2)7-12(22)20-9-4-5-11(16)10(6-9)15(17,18)19/h4-6H,3,7-8H2,1-2H3,(H,20,22). The monoisotopic (exact) mass is 380 g/mol. The molecule has 0 saturated carbocycles. The fourth-order valence-corrected chi connectivity index (χ4v) is 1.90. The highest BCUT2D eigenvalue weighted by Crippen LogP contribution is 2.36. The summed E-state index contributed by atoms with van der Waals surface area (Å²) in [6, 6.07) is 2.92. The average Bonchev–Trinajstić information content (AvgIpc) is 2.52. The molecule has 0 aliphatic rings. The van der Waals surface area contributed by atoms with Crippen molar-refractivity contribution in [1.82, 2.24) is 4.90 Å². The molecule has 1 aromatic carbocycles. The maximum Gasteiger partial charge on any atom is 0.417 e. The molecule has 25 heavy (non-hydrogen) atoms. The molecule has 0 atom stereocenters. The number of benzene rings is 1. The number of hydrogen-bond acceptors (Lipinski definition) is 4. The van der Waals surface area contributed by atoms with E-state index in [4.69, 9.17) is 11.6 Å². The van der Waals surface area contributed by atoms with Gasteiger partial charge < -0.3 is 15.0 Å². The highest BCUT2D eigenvalue weighted by Gasteiger charge is 2.33. The van der Waals surface area contributed by atoms with Crippen LogP contribution in [0.1, 0.15) is 18.9 Å². The minimum atomic E-state index is -4.66. The van der Waals surface area contributed by atoms with E-state index in [-0.39, 0.29) is 12.1 Å². The number of alkyl halides is 3. The molecule has 1 N–H and O–H groups in total. The lowest BCUT2D eigenvalue weighted by Gasteiger charge is -2.17. The lowest BCUT2D eigenvalue weighted by molar-refractivity contribution is -0.151. The molecule has 0 saturated heterocycles. The number of nitrogens with one attached hydrogen (secondary N) is 1. The van der Waals surface area contributed by atoms with Crippen molar-refractivity contribution in [3.8, 4) is 0 Å². The normalized spacial score (nSPS) is 11.0. The molecule has 138 valence electrons.